The van der Waals surface area contributed by atoms with E-state index in [1.165, 1.54) is 32.2 Å². The molecule has 0 amide bonds. The molecule has 5 heteroatoms. The van der Waals surface area contributed by atoms with E-state index in [-0.39, 0.29) is 0 Å². The molecule has 1 saturated carbocycles. The molecule has 112 valence electrons. The normalized spacial score (nSPS) is 24.1. The van der Waals surface area contributed by atoms with Crippen LogP contribution in [0.3, 0.4) is 0 Å². The quantitative estimate of drug-likeness (QED) is 0.826. The molecule has 1 aliphatic carbocycles. The van der Waals surface area contributed by atoms with Gasteiger partial charge in [-0.2, -0.15) is 4.98 Å². The van der Waals surface area contributed by atoms with Crippen LogP contribution in [0.5, 0.6) is 0 Å². The molecule has 3 rings (SSSR count). The van der Waals surface area contributed by atoms with Gasteiger partial charge in [-0.25, -0.2) is 0 Å². The number of hydrogen-bond acceptors (Lipinski definition) is 5. The van der Waals surface area contributed by atoms with Gasteiger partial charge in [-0.1, -0.05) is 12.1 Å². The third-order valence-electron chi connectivity index (χ3n) is 4.22. The summed E-state index contributed by atoms with van der Waals surface area (Å²) in [6, 6.07) is 0.818. The Balaban J connectivity index is 1.45. The standard InChI is InChI=1S/C15H26N4O/c1-2-4-14-17-15(20-18-14)11-19-8-3-5-12(10-19)9-16-13-6-7-13/h12-13,16H,2-11H2,1H3. The second-order valence-electron chi connectivity index (χ2n) is 6.28. The van der Waals surface area contributed by atoms with E-state index >= 15 is 0 Å². The van der Waals surface area contributed by atoms with Gasteiger partial charge < -0.3 is 9.84 Å². The lowest BCUT2D eigenvalue weighted by Crippen LogP contribution is -2.39. The van der Waals surface area contributed by atoms with Crippen LogP contribution in [-0.2, 0) is 13.0 Å². The van der Waals surface area contributed by atoms with Gasteiger partial charge in [0.15, 0.2) is 5.82 Å². The van der Waals surface area contributed by atoms with Gasteiger partial charge in [0.2, 0.25) is 5.89 Å². The van der Waals surface area contributed by atoms with Crippen LogP contribution < -0.4 is 5.32 Å². The zero-order valence-electron chi connectivity index (χ0n) is 12.5. The van der Waals surface area contributed by atoms with Crippen LogP contribution in [0.2, 0.25) is 0 Å². The second-order valence-corrected chi connectivity index (χ2v) is 6.28. The number of nitrogens with zero attached hydrogens (tertiary/aromatic N) is 3. The van der Waals surface area contributed by atoms with Crippen molar-refractivity contribution in [2.24, 2.45) is 5.92 Å². The Morgan fingerprint density at radius 2 is 2.25 bits per heavy atom. The van der Waals surface area contributed by atoms with E-state index in [0.29, 0.717) is 0 Å². The van der Waals surface area contributed by atoms with Crippen LogP contribution in [-0.4, -0.2) is 40.7 Å². The van der Waals surface area contributed by atoms with Crippen molar-refractivity contribution in [3.63, 3.8) is 0 Å². The molecule has 1 N–H and O–H groups in total. The van der Waals surface area contributed by atoms with E-state index in [1.807, 2.05) is 0 Å². The third kappa shape index (κ3) is 4.03. The van der Waals surface area contributed by atoms with Crippen molar-refractivity contribution >= 4 is 0 Å². The molecule has 2 fully saturated rings. The van der Waals surface area contributed by atoms with Crippen LogP contribution in [0.4, 0.5) is 0 Å². The lowest BCUT2D eigenvalue weighted by atomic mass is 9.98. The molecular weight excluding hydrogens is 252 g/mol. The molecule has 0 radical (unpaired) electrons. The molecule has 2 heterocycles. The molecule has 1 saturated heterocycles. The predicted octanol–water partition coefficient (Wildman–Crippen LogP) is 1.99. The first kappa shape index (κ1) is 14.0. The number of rotatable bonds is 7. The van der Waals surface area contributed by atoms with Crippen molar-refractivity contribution in [2.45, 2.75) is 58.0 Å². The predicted molar refractivity (Wildman–Crippen MR) is 77.3 cm³/mol. The van der Waals surface area contributed by atoms with E-state index < -0.39 is 0 Å². The highest BCUT2D eigenvalue weighted by molar-refractivity contribution is 4.88. The molecule has 2 aliphatic rings. The summed E-state index contributed by atoms with van der Waals surface area (Å²) in [5.74, 6) is 2.41. The minimum Gasteiger partial charge on any atom is -0.338 e. The maximum absolute atomic E-state index is 5.34. The second kappa shape index (κ2) is 6.68. The molecule has 5 nitrogen and oxygen atoms in total. The van der Waals surface area contributed by atoms with Crippen molar-refractivity contribution in [2.75, 3.05) is 19.6 Å². The van der Waals surface area contributed by atoms with Gasteiger partial charge >= 0.3 is 0 Å². The van der Waals surface area contributed by atoms with Crippen LogP contribution >= 0.6 is 0 Å². The SMILES string of the molecule is CCCc1noc(CN2CCCC(CNC3CC3)C2)n1. The monoisotopic (exact) mass is 278 g/mol. The molecular formula is C15H26N4O. The Labute approximate surface area is 121 Å². The van der Waals surface area contributed by atoms with Gasteiger partial charge in [0.1, 0.15) is 0 Å². The van der Waals surface area contributed by atoms with Crippen LogP contribution in [0, 0.1) is 5.92 Å². The number of nitrogens with one attached hydrogen (secondary N) is 1. The van der Waals surface area contributed by atoms with Gasteiger partial charge in [-0.15, -0.1) is 0 Å². The van der Waals surface area contributed by atoms with Crippen molar-refractivity contribution in [3.8, 4) is 0 Å². The Morgan fingerprint density at radius 3 is 3.05 bits per heavy atom. The fourth-order valence-electron chi connectivity index (χ4n) is 2.95. The molecule has 1 aliphatic heterocycles. The molecule has 0 aromatic carbocycles. The van der Waals surface area contributed by atoms with Crippen LogP contribution in [0.15, 0.2) is 4.52 Å². The van der Waals surface area contributed by atoms with Crippen LogP contribution in [0.1, 0.15) is 50.7 Å². The van der Waals surface area contributed by atoms with Crippen molar-refractivity contribution in [3.05, 3.63) is 11.7 Å². The molecule has 1 atom stereocenters. The fourth-order valence-corrected chi connectivity index (χ4v) is 2.95. The molecule has 0 bridgehead atoms. The summed E-state index contributed by atoms with van der Waals surface area (Å²) in [6.07, 6.45) is 7.36. The van der Waals surface area contributed by atoms with E-state index in [2.05, 4.69) is 27.3 Å². The fraction of sp³-hybridized carbons (Fsp3) is 0.867. The average Bonchev–Trinajstić information content (AvgIpc) is 3.19. The Morgan fingerprint density at radius 1 is 1.35 bits per heavy atom. The Bertz CT molecular complexity index is 416. The summed E-state index contributed by atoms with van der Waals surface area (Å²) < 4.78 is 5.34. The van der Waals surface area contributed by atoms with Gasteiger partial charge in [0, 0.05) is 19.0 Å². The first-order valence-electron chi connectivity index (χ1n) is 8.10. The van der Waals surface area contributed by atoms with Crippen LogP contribution in [0.25, 0.3) is 0 Å². The van der Waals surface area contributed by atoms with Gasteiger partial charge in [-0.05, 0) is 51.1 Å². The van der Waals surface area contributed by atoms with Crippen molar-refractivity contribution in [1.29, 1.82) is 0 Å². The summed E-state index contributed by atoms with van der Waals surface area (Å²) in [5.41, 5.74) is 0. The first-order valence-corrected chi connectivity index (χ1v) is 8.10. The summed E-state index contributed by atoms with van der Waals surface area (Å²) >= 11 is 0. The number of piperidine rings is 1. The van der Waals surface area contributed by atoms with E-state index in [0.717, 1.165) is 56.2 Å². The first-order chi connectivity index (χ1) is 9.83. The number of hydrogen-bond donors (Lipinski definition) is 1. The lowest BCUT2D eigenvalue weighted by molar-refractivity contribution is 0.148. The van der Waals surface area contributed by atoms with Gasteiger partial charge in [0.25, 0.3) is 0 Å². The maximum atomic E-state index is 5.34. The number of aromatic nitrogens is 2. The summed E-state index contributed by atoms with van der Waals surface area (Å²) in [4.78, 5) is 6.93. The summed E-state index contributed by atoms with van der Waals surface area (Å²) in [6.45, 7) is 6.44. The molecule has 1 unspecified atom stereocenters. The maximum Gasteiger partial charge on any atom is 0.240 e. The highest BCUT2D eigenvalue weighted by Crippen LogP contribution is 2.22. The minimum absolute atomic E-state index is 0.780. The molecule has 1 aromatic heterocycles. The number of aryl methyl sites for hydroxylation is 1. The zero-order valence-corrected chi connectivity index (χ0v) is 12.5. The summed E-state index contributed by atoms with van der Waals surface area (Å²) in [5, 5.41) is 7.69. The minimum atomic E-state index is 0.780. The molecule has 0 spiro atoms. The van der Waals surface area contributed by atoms with Crippen molar-refractivity contribution in [1.82, 2.24) is 20.4 Å². The third-order valence-corrected chi connectivity index (χ3v) is 4.22. The smallest absolute Gasteiger partial charge is 0.240 e. The Kier molecular flexibility index (Phi) is 4.68. The van der Waals surface area contributed by atoms with E-state index in [9.17, 15) is 0 Å². The summed E-state index contributed by atoms with van der Waals surface area (Å²) in [7, 11) is 0. The average molecular weight is 278 g/mol. The molecule has 1 aromatic rings. The highest BCUT2D eigenvalue weighted by Gasteiger charge is 2.25. The van der Waals surface area contributed by atoms with E-state index in [4.69, 9.17) is 4.52 Å². The number of likely N-dealkylation sites (tertiary alicyclic amines) is 1. The van der Waals surface area contributed by atoms with Crippen molar-refractivity contribution < 1.29 is 4.52 Å². The Hall–Kier alpha value is -0.940. The zero-order chi connectivity index (χ0) is 13.8. The molecule has 20 heavy (non-hydrogen) atoms. The van der Waals surface area contributed by atoms with E-state index in [1.54, 1.807) is 0 Å². The highest BCUT2D eigenvalue weighted by atomic mass is 16.5. The largest absolute Gasteiger partial charge is 0.338 e. The topological polar surface area (TPSA) is 54.2 Å². The lowest BCUT2D eigenvalue weighted by Gasteiger charge is -2.31. The van der Waals surface area contributed by atoms with Gasteiger partial charge in [0.05, 0.1) is 6.54 Å². The van der Waals surface area contributed by atoms with Gasteiger partial charge in [-0.3, -0.25) is 4.90 Å².